The Labute approximate surface area is 211 Å². The third-order valence-corrected chi connectivity index (χ3v) is 7.45. The fraction of sp³-hybridized carbons (Fsp3) is 0.444. The molecule has 1 atom stereocenters. The van der Waals surface area contributed by atoms with Gasteiger partial charge in [0.25, 0.3) is 0 Å². The Morgan fingerprint density at radius 2 is 1.80 bits per heavy atom. The first-order valence-corrected chi connectivity index (χ1v) is 12.9. The maximum absolute atomic E-state index is 14.0. The summed E-state index contributed by atoms with van der Waals surface area (Å²) in [4.78, 5) is 21.4. The molecule has 0 N–H and O–H groups in total. The molecule has 184 valence electrons. The van der Waals surface area contributed by atoms with Crippen LogP contribution < -0.4 is 14.7 Å². The third-order valence-electron chi connectivity index (χ3n) is 7.15. The summed E-state index contributed by atoms with van der Waals surface area (Å²) in [7, 11) is 0. The molecular weight excluding hydrogens is 463 g/mol. The summed E-state index contributed by atoms with van der Waals surface area (Å²) in [6.07, 6.45) is 6.42. The lowest BCUT2D eigenvalue weighted by atomic mass is 10.0. The third kappa shape index (κ3) is 5.06. The summed E-state index contributed by atoms with van der Waals surface area (Å²) in [5.41, 5.74) is 2.37. The number of pyridine rings is 1. The molecule has 0 aliphatic carbocycles. The Kier molecular flexibility index (Phi) is 7.04. The number of aryl methyl sites for hydroxylation is 1. The Balaban J connectivity index is 1.46. The number of aromatic nitrogens is 3. The van der Waals surface area contributed by atoms with Crippen LogP contribution in [-0.4, -0.2) is 53.7 Å². The second kappa shape index (κ2) is 10.4. The molecule has 5 rings (SSSR count). The van der Waals surface area contributed by atoms with Crippen LogP contribution in [0.15, 0.2) is 42.6 Å². The van der Waals surface area contributed by atoms with Crippen LogP contribution in [0, 0.1) is 12.7 Å². The molecule has 2 aromatic heterocycles. The van der Waals surface area contributed by atoms with Crippen LogP contribution in [0.25, 0.3) is 11.3 Å². The van der Waals surface area contributed by atoms with Crippen molar-refractivity contribution in [3.8, 4) is 11.3 Å². The van der Waals surface area contributed by atoms with E-state index in [0.717, 1.165) is 74.4 Å². The second-order valence-corrected chi connectivity index (χ2v) is 9.82. The van der Waals surface area contributed by atoms with Crippen molar-refractivity contribution in [2.45, 2.75) is 45.6 Å². The SMILES string of the molecule is CCC1CCCCN1c1nc(-c2ccc(F)c(C)c2)cc(N2CCN(c3ncccc3Cl)CC2)n1. The van der Waals surface area contributed by atoms with Crippen molar-refractivity contribution < 1.29 is 4.39 Å². The smallest absolute Gasteiger partial charge is 0.228 e. The number of hydrogen-bond acceptors (Lipinski definition) is 6. The first-order chi connectivity index (χ1) is 17.0. The largest absolute Gasteiger partial charge is 0.353 e. The zero-order valence-corrected chi connectivity index (χ0v) is 21.2. The minimum atomic E-state index is -0.199. The number of anilines is 3. The fourth-order valence-electron chi connectivity index (χ4n) is 5.11. The predicted molar refractivity (Wildman–Crippen MR) is 141 cm³/mol. The summed E-state index contributed by atoms with van der Waals surface area (Å²) in [5, 5.41) is 0.676. The summed E-state index contributed by atoms with van der Waals surface area (Å²) >= 11 is 6.39. The number of benzene rings is 1. The van der Waals surface area contributed by atoms with Crippen molar-refractivity contribution in [2.24, 2.45) is 0 Å². The van der Waals surface area contributed by atoms with Crippen LogP contribution in [0.1, 0.15) is 38.2 Å². The molecule has 1 aromatic carbocycles. The molecule has 0 amide bonds. The van der Waals surface area contributed by atoms with Gasteiger partial charge in [0.1, 0.15) is 17.5 Å². The van der Waals surface area contributed by atoms with E-state index in [4.69, 9.17) is 21.6 Å². The Morgan fingerprint density at radius 3 is 2.54 bits per heavy atom. The van der Waals surface area contributed by atoms with E-state index in [9.17, 15) is 4.39 Å². The van der Waals surface area contributed by atoms with Crippen molar-refractivity contribution in [1.29, 1.82) is 0 Å². The van der Waals surface area contributed by atoms with Crippen LogP contribution in [0.5, 0.6) is 0 Å². The molecule has 6 nitrogen and oxygen atoms in total. The maximum Gasteiger partial charge on any atom is 0.228 e. The van der Waals surface area contributed by atoms with Crippen LogP contribution >= 0.6 is 11.6 Å². The molecule has 0 spiro atoms. The van der Waals surface area contributed by atoms with Gasteiger partial charge in [0, 0.05) is 56.6 Å². The highest BCUT2D eigenvalue weighted by atomic mass is 35.5. The molecule has 2 saturated heterocycles. The molecule has 2 aliphatic rings. The van der Waals surface area contributed by atoms with Crippen LogP contribution in [0.2, 0.25) is 5.02 Å². The Morgan fingerprint density at radius 1 is 1.00 bits per heavy atom. The molecular formula is C27H32ClFN6. The van der Waals surface area contributed by atoms with E-state index in [1.54, 1.807) is 13.1 Å². The molecule has 0 radical (unpaired) electrons. The van der Waals surface area contributed by atoms with Gasteiger partial charge in [-0.25, -0.2) is 14.4 Å². The average Bonchev–Trinajstić information content (AvgIpc) is 2.90. The molecule has 8 heteroatoms. The monoisotopic (exact) mass is 494 g/mol. The standard InChI is InChI=1S/C27H32ClFN6/c1-3-21-7-4-5-12-35(21)27-31-24(20-9-10-23(29)19(2)17-20)18-25(32-27)33-13-15-34(16-14-33)26-22(28)8-6-11-30-26/h6,8-11,17-18,21H,3-5,7,12-16H2,1-2H3. The number of piperazine rings is 1. The summed E-state index contributed by atoms with van der Waals surface area (Å²) < 4.78 is 14.0. The predicted octanol–water partition coefficient (Wildman–Crippen LogP) is 5.74. The highest BCUT2D eigenvalue weighted by molar-refractivity contribution is 6.32. The Bertz CT molecular complexity index is 1180. The van der Waals surface area contributed by atoms with Gasteiger partial charge in [-0.1, -0.05) is 18.5 Å². The minimum absolute atomic E-state index is 0.199. The van der Waals surface area contributed by atoms with Gasteiger partial charge in [0.2, 0.25) is 5.95 Å². The van der Waals surface area contributed by atoms with E-state index in [2.05, 4.69) is 26.6 Å². The molecule has 2 aliphatic heterocycles. The number of hydrogen-bond donors (Lipinski definition) is 0. The van der Waals surface area contributed by atoms with Gasteiger partial charge in [-0.05, 0) is 68.5 Å². The molecule has 35 heavy (non-hydrogen) atoms. The van der Waals surface area contributed by atoms with Crippen molar-refractivity contribution in [3.05, 3.63) is 59.0 Å². The van der Waals surface area contributed by atoms with E-state index in [1.165, 1.54) is 18.9 Å². The lowest BCUT2D eigenvalue weighted by Gasteiger charge is -2.38. The summed E-state index contributed by atoms with van der Waals surface area (Å²) in [6, 6.07) is 11.4. The molecule has 4 heterocycles. The van der Waals surface area contributed by atoms with Gasteiger partial charge in [-0.15, -0.1) is 0 Å². The van der Waals surface area contributed by atoms with Crippen LogP contribution in [-0.2, 0) is 0 Å². The minimum Gasteiger partial charge on any atom is -0.353 e. The van der Waals surface area contributed by atoms with Gasteiger partial charge < -0.3 is 14.7 Å². The van der Waals surface area contributed by atoms with Crippen LogP contribution in [0.3, 0.4) is 0 Å². The highest BCUT2D eigenvalue weighted by Gasteiger charge is 2.26. The number of halogens is 2. The van der Waals surface area contributed by atoms with Gasteiger partial charge in [-0.2, -0.15) is 4.98 Å². The molecule has 0 saturated carbocycles. The molecule has 0 bridgehead atoms. The maximum atomic E-state index is 14.0. The summed E-state index contributed by atoms with van der Waals surface area (Å²) in [6.45, 7) is 8.23. The second-order valence-electron chi connectivity index (χ2n) is 9.41. The Hall–Kier alpha value is -2.93. The van der Waals surface area contributed by atoms with E-state index < -0.39 is 0 Å². The molecule has 3 aromatic rings. The van der Waals surface area contributed by atoms with E-state index >= 15 is 0 Å². The van der Waals surface area contributed by atoms with Crippen molar-refractivity contribution in [3.63, 3.8) is 0 Å². The normalized spacial score (nSPS) is 18.7. The zero-order valence-electron chi connectivity index (χ0n) is 20.4. The average molecular weight is 495 g/mol. The van der Waals surface area contributed by atoms with Crippen molar-refractivity contribution in [1.82, 2.24) is 15.0 Å². The highest BCUT2D eigenvalue weighted by Crippen LogP contribution is 2.31. The van der Waals surface area contributed by atoms with Gasteiger partial charge in [0.05, 0.1) is 10.7 Å². The topological polar surface area (TPSA) is 48.4 Å². The van der Waals surface area contributed by atoms with Crippen molar-refractivity contribution in [2.75, 3.05) is 47.4 Å². The van der Waals surface area contributed by atoms with E-state index in [-0.39, 0.29) is 5.82 Å². The number of rotatable bonds is 5. The fourth-order valence-corrected chi connectivity index (χ4v) is 5.35. The number of nitrogens with zero attached hydrogens (tertiary/aromatic N) is 6. The van der Waals surface area contributed by atoms with Crippen molar-refractivity contribution >= 4 is 29.2 Å². The number of piperidine rings is 1. The first-order valence-electron chi connectivity index (χ1n) is 12.6. The quantitative estimate of drug-likeness (QED) is 0.451. The first kappa shape index (κ1) is 23.8. The summed E-state index contributed by atoms with van der Waals surface area (Å²) in [5.74, 6) is 2.33. The van der Waals surface area contributed by atoms with E-state index in [1.807, 2.05) is 30.3 Å². The van der Waals surface area contributed by atoms with Gasteiger partial charge in [0.15, 0.2) is 0 Å². The van der Waals surface area contributed by atoms with Gasteiger partial charge >= 0.3 is 0 Å². The molecule has 2 fully saturated rings. The zero-order chi connectivity index (χ0) is 24.4. The van der Waals surface area contributed by atoms with Gasteiger partial charge in [-0.3, -0.25) is 0 Å². The van der Waals surface area contributed by atoms with Crippen LogP contribution in [0.4, 0.5) is 22.0 Å². The lowest BCUT2D eigenvalue weighted by Crippen LogP contribution is -2.47. The van der Waals surface area contributed by atoms with E-state index in [0.29, 0.717) is 16.6 Å². The molecule has 1 unspecified atom stereocenters. The lowest BCUT2D eigenvalue weighted by molar-refractivity contribution is 0.443.